The van der Waals surface area contributed by atoms with E-state index in [0.717, 1.165) is 64.0 Å². The Balaban J connectivity index is 0.00000280. The second-order valence-corrected chi connectivity index (χ2v) is 7.90. The van der Waals surface area contributed by atoms with Gasteiger partial charge in [0.2, 0.25) is 0 Å². The number of thiazole rings is 1. The van der Waals surface area contributed by atoms with Gasteiger partial charge in [0, 0.05) is 63.8 Å². The number of piperazine rings is 1. The summed E-state index contributed by atoms with van der Waals surface area (Å²) in [5, 5.41) is 4.66. The Morgan fingerprint density at radius 3 is 2.61 bits per heavy atom. The molecule has 0 atom stereocenters. The monoisotopic (exact) mass is 515 g/mol. The number of nitrogens with zero attached hydrogens (tertiary/aromatic N) is 4. The van der Waals surface area contributed by atoms with Gasteiger partial charge < -0.3 is 15.0 Å². The minimum absolute atomic E-state index is 0. The lowest BCUT2D eigenvalue weighted by molar-refractivity contribution is 0.152. The Morgan fingerprint density at radius 1 is 1.21 bits per heavy atom. The molecular weight excluding hydrogens is 485 g/mol. The lowest BCUT2D eigenvalue weighted by atomic mass is 10.3. The van der Waals surface area contributed by atoms with Crippen molar-refractivity contribution >= 4 is 41.3 Å². The van der Waals surface area contributed by atoms with Crippen molar-refractivity contribution < 1.29 is 4.74 Å². The summed E-state index contributed by atoms with van der Waals surface area (Å²) in [5.41, 5.74) is 0. The van der Waals surface area contributed by atoms with Gasteiger partial charge in [-0.3, -0.25) is 9.89 Å². The van der Waals surface area contributed by atoms with Crippen LogP contribution in [0.2, 0.25) is 0 Å². The zero-order chi connectivity index (χ0) is 18.9. The van der Waals surface area contributed by atoms with Crippen LogP contribution < -0.4 is 10.1 Å². The van der Waals surface area contributed by atoms with E-state index >= 15 is 0 Å². The van der Waals surface area contributed by atoms with Gasteiger partial charge in [0.1, 0.15) is 12.4 Å². The average Bonchev–Trinajstić information content (AvgIpc) is 3.12. The molecule has 3 rings (SSSR count). The van der Waals surface area contributed by atoms with E-state index in [0.29, 0.717) is 0 Å². The van der Waals surface area contributed by atoms with Crippen LogP contribution in [0.1, 0.15) is 9.88 Å². The first-order valence-corrected chi connectivity index (χ1v) is 10.3. The number of aromatic nitrogens is 1. The van der Waals surface area contributed by atoms with Crippen LogP contribution in [0.5, 0.6) is 5.75 Å². The standard InChI is InChI=1S/C20H29N5OS.HI/c1-17-16-23-19(27-17)8-9-22-20(21-2)25-12-10-24(11-13-25)14-15-26-18-6-4-3-5-7-18;/h3-7,16H,8-15H2,1-2H3,(H,21,22);1H. The van der Waals surface area contributed by atoms with E-state index in [-0.39, 0.29) is 24.0 Å². The molecule has 28 heavy (non-hydrogen) atoms. The Hall–Kier alpha value is -1.39. The number of hydrogen-bond donors (Lipinski definition) is 1. The predicted molar refractivity (Wildman–Crippen MR) is 127 cm³/mol. The third-order valence-electron chi connectivity index (χ3n) is 4.59. The van der Waals surface area contributed by atoms with Gasteiger partial charge in [-0.05, 0) is 19.1 Å². The highest BCUT2D eigenvalue weighted by molar-refractivity contribution is 14.0. The Morgan fingerprint density at radius 2 is 1.96 bits per heavy atom. The number of rotatable bonds is 7. The molecule has 1 aromatic heterocycles. The summed E-state index contributed by atoms with van der Waals surface area (Å²) < 4.78 is 5.80. The molecule has 8 heteroatoms. The summed E-state index contributed by atoms with van der Waals surface area (Å²) in [6.45, 7) is 8.68. The third-order valence-corrected chi connectivity index (χ3v) is 5.57. The van der Waals surface area contributed by atoms with Crippen molar-refractivity contribution in [1.29, 1.82) is 0 Å². The number of halogens is 1. The average molecular weight is 515 g/mol. The number of hydrogen-bond acceptors (Lipinski definition) is 5. The van der Waals surface area contributed by atoms with E-state index in [1.54, 1.807) is 11.3 Å². The number of aryl methyl sites for hydroxylation is 1. The molecule has 2 heterocycles. The maximum atomic E-state index is 5.80. The molecule has 1 aliphatic heterocycles. The largest absolute Gasteiger partial charge is 0.492 e. The van der Waals surface area contributed by atoms with E-state index in [1.807, 2.05) is 43.6 Å². The van der Waals surface area contributed by atoms with Crippen molar-refractivity contribution in [3.8, 4) is 5.75 Å². The second-order valence-electron chi connectivity index (χ2n) is 6.58. The highest BCUT2D eigenvalue weighted by atomic mass is 127. The molecule has 0 unspecified atom stereocenters. The van der Waals surface area contributed by atoms with Crippen molar-refractivity contribution in [2.75, 3.05) is 52.9 Å². The minimum atomic E-state index is 0. The van der Waals surface area contributed by atoms with Gasteiger partial charge in [0.25, 0.3) is 0 Å². The highest BCUT2D eigenvalue weighted by Crippen LogP contribution is 2.11. The van der Waals surface area contributed by atoms with Gasteiger partial charge in [-0.1, -0.05) is 18.2 Å². The number of ether oxygens (including phenoxy) is 1. The van der Waals surface area contributed by atoms with Gasteiger partial charge in [0.15, 0.2) is 5.96 Å². The van der Waals surface area contributed by atoms with Crippen LogP contribution in [0.3, 0.4) is 0 Å². The number of guanidine groups is 1. The van der Waals surface area contributed by atoms with Crippen LogP contribution in [0.4, 0.5) is 0 Å². The lowest BCUT2D eigenvalue weighted by Gasteiger charge is -2.36. The Labute approximate surface area is 189 Å². The molecule has 0 bridgehead atoms. The third kappa shape index (κ3) is 7.21. The molecule has 0 amide bonds. The summed E-state index contributed by atoms with van der Waals surface area (Å²) in [5.74, 6) is 1.93. The quantitative estimate of drug-likeness (QED) is 0.349. The maximum absolute atomic E-state index is 5.80. The van der Waals surface area contributed by atoms with Crippen LogP contribution in [0.15, 0.2) is 41.5 Å². The zero-order valence-corrected chi connectivity index (χ0v) is 19.8. The van der Waals surface area contributed by atoms with Crippen molar-refractivity contribution in [2.24, 2.45) is 4.99 Å². The fourth-order valence-electron chi connectivity index (χ4n) is 3.12. The molecule has 1 fully saturated rings. The summed E-state index contributed by atoms with van der Waals surface area (Å²) in [6, 6.07) is 10.0. The van der Waals surface area contributed by atoms with Crippen LogP contribution >= 0.6 is 35.3 Å². The molecule has 1 aliphatic rings. The minimum Gasteiger partial charge on any atom is -0.492 e. The normalized spacial score (nSPS) is 15.2. The molecule has 1 N–H and O–H groups in total. The summed E-state index contributed by atoms with van der Waals surface area (Å²) in [6.07, 6.45) is 2.88. The zero-order valence-electron chi connectivity index (χ0n) is 16.6. The summed E-state index contributed by atoms with van der Waals surface area (Å²) >= 11 is 1.77. The molecule has 0 spiro atoms. The van der Waals surface area contributed by atoms with Gasteiger partial charge >= 0.3 is 0 Å². The molecule has 0 aliphatic carbocycles. The molecule has 1 aromatic carbocycles. The van der Waals surface area contributed by atoms with Crippen molar-refractivity contribution in [3.05, 3.63) is 46.4 Å². The van der Waals surface area contributed by atoms with Crippen LogP contribution in [-0.4, -0.2) is 73.7 Å². The fourth-order valence-corrected chi connectivity index (χ4v) is 3.91. The van der Waals surface area contributed by atoms with E-state index in [2.05, 4.69) is 32.0 Å². The molecule has 1 saturated heterocycles. The van der Waals surface area contributed by atoms with Crippen LogP contribution in [-0.2, 0) is 6.42 Å². The van der Waals surface area contributed by atoms with Gasteiger partial charge in [-0.2, -0.15) is 0 Å². The first-order valence-electron chi connectivity index (χ1n) is 9.51. The Bertz CT molecular complexity index is 716. The molecule has 2 aromatic rings. The Kier molecular flexibility index (Phi) is 10.0. The lowest BCUT2D eigenvalue weighted by Crippen LogP contribution is -2.53. The second kappa shape index (κ2) is 12.2. The molecular formula is C20H30IN5OS. The molecule has 0 saturated carbocycles. The molecule has 154 valence electrons. The summed E-state index contributed by atoms with van der Waals surface area (Å²) in [4.78, 5) is 14.9. The number of aliphatic imine (C=N–C) groups is 1. The van der Waals surface area contributed by atoms with Gasteiger partial charge in [0.05, 0.1) is 5.01 Å². The SMILES string of the molecule is CN=C(NCCc1ncc(C)s1)N1CCN(CCOc2ccccc2)CC1.I. The molecule has 0 radical (unpaired) electrons. The first kappa shape index (κ1) is 22.9. The maximum Gasteiger partial charge on any atom is 0.193 e. The summed E-state index contributed by atoms with van der Waals surface area (Å²) in [7, 11) is 1.86. The predicted octanol–water partition coefficient (Wildman–Crippen LogP) is 2.88. The van der Waals surface area contributed by atoms with E-state index in [4.69, 9.17) is 4.74 Å². The topological polar surface area (TPSA) is 53.0 Å². The fraction of sp³-hybridized carbons (Fsp3) is 0.500. The highest BCUT2D eigenvalue weighted by Gasteiger charge is 2.19. The first-order chi connectivity index (χ1) is 13.2. The van der Waals surface area contributed by atoms with Crippen LogP contribution in [0.25, 0.3) is 0 Å². The van der Waals surface area contributed by atoms with E-state index < -0.39 is 0 Å². The van der Waals surface area contributed by atoms with Crippen molar-refractivity contribution in [1.82, 2.24) is 20.1 Å². The van der Waals surface area contributed by atoms with E-state index in [9.17, 15) is 0 Å². The number of para-hydroxylation sites is 1. The van der Waals surface area contributed by atoms with Crippen molar-refractivity contribution in [3.63, 3.8) is 0 Å². The van der Waals surface area contributed by atoms with Crippen molar-refractivity contribution in [2.45, 2.75) is 13.3 Å². The number of benzene rings is 1. The smallest absolute Gasteiger partial charge is 0.193 e. The van der Waals surface area contributed by atoms with E-state index in [1.165, 1.54) is 9.88 Å². The van der Waals surface area contributed by atoms with Gasteiger partial charge in [-0.25, -0.2) is 4.98 Å². The number of nitrogens with one attached hydrogen (secondary N) is 1. The van der Waals surface area contributed by atoms with Crippen LogP contribution in [0, 0.1) is 6.92 Å². The molecule has 6 nitrogen and oxygen atoms in total. The van der Waals surface area contributed by atoms with Gasteiger partial charge in [-0.15, -0.1) is 35.3 Å².